The number of rotatable bonds is 8. The summed E-state index contributed by atoms with van der Waals surface area (Å²) >= 11 is 0. The highest BCUT2D eigenvalue weighted by atomic mass is 19.1. The van der Waals surface area contributed by atoms with Crippen molar-refractivity contribution in [1.29, 1.82) is 5.26 Å². The van der Waals surface area contributed by atoms with E-state index in [9.17, 15) is 9.18 Å². The van der Waals surface area contributed by atoms with E-state index < -0.39 is 12.3 Å². The largest absolute Gasteiger partial charge is 0.442 e. The Hall–Kier alpha value is -3.74. The number of ether oxygens (including phenoxy) is 1. The van der Waals surface area contributed by atoms with Gasteiger partial charge in [0.15, 0.2) is 0 Å². The minimum atomic E-state index is -1.23. The smallest absolute Gasteiger partial charge is 0.414 e. The molecule has 1 unspecified atom stereocenters. The molecule has 0 saturated carbocycles. The molecule has 1 saturated heterocycles. The molecule has 1 amide bonds. The van der Waals surface area contributed by atoms with Crippen molar-refractivity contribution in [3.63, 3.8) is 0 Å². The number of H-pyrrole nitrogens is 1. The van der Waals surface area contributed by atoms with Gasteiger partial charge in [-0.1, -0.05) is 0 Å². The summed E-state index contributed by atoms with van der Waals surface area (Å²) in [5, 5.41) is 18.0. The Labute approximate surface area is 172 Å². The Morgan fingerprint density at radius 3 is 2.93 bits per heavy atom. The molecule has 2 aromatic heterocycles. The minimum absolute atomic E-state index is 0.113. The van der Waals surface area contributed by atoms with Gasteiger partial charge in [0.25, 0.3) is 0 Å². The second-order valence-electron chi connectivity index (χ2n) is 7.06. The molecule has 0 spiro atoms. The Balaban J connectivity index is 1.27. The monoisotopic (exact) mass is 411 g/mol. The highest BCUT2D eigenvalue weighted by Crippen LogP contribution is 2.27. The van der Waals surface area contributed by atoms with E-state index in [0.29, 0.717) is 49.0 Å². The van der Waals surface area contributed by atoms with Crippen LogP contribution in [0.5, 0.6) is 0 Å². The second kappa shape index (κ2) is 8.73. The van der Waals surface area contributed by atoms with Crippen LogP contribution < -0.4 is 10.6 Å². The Morgan fingerprint density at radius 1 is 1.37 bits per heavy atom. The molecule has 0 radical (unpaired) electrons. The first-order valence-electron chi connectivity index (χ1n) is 9.69. The summed E-state index contributed by atoms with van der Waals surface area (Å²) in [6.07, 6.45) is 6.82. The maximum Gasteiger partial charge on any atom is 0.414 e. The summed E-state index contributed by atoms with van der Waals surface area (Å²) in [6, 6.07) is 5.34. The molecule has 2 atom stereocenters. The molecule has 156 valence electrons. The van der Waals surface area contributed by atoms with E-state index in [-0.39, 0.29) is 12.5 Å². The summed E-state index contributed by atoms with van der Waals surface area (Å²) < 4.78 is 21.9. The van der Waals surface area contributed by atoms with Gasteiger partial charge in [0, 0.05) is 49.5 Å². The molecule has 30 heavy (non-hydrogen) atoms. The van der Waals surface area contributed by atoms with Gasteiger partial charge in [0.2, 0.25) is 0 Å². The maximum absolute atomic E-state index is 14.7. The third kappa shape index (κ3) is 4.46. The molecule has 0 bridgehead atoms. The van der Waals surface area contributed by atoms with E-state index in [0.717, 1.165) is 0 Å². The van der Waals surface area contributed by atoms with Crippen molar-refractivity contribution in [1.82, 2.24) is 25.0 Å². The molecule has 4 rings (SSSR count). The average Bonchev–Trinajstić information content (AvgIpc) is 3.09. The van der Waals surface area contributed by atoms with E-state index in [1.54, 1.807) is 36.7 Å². The van der Waals surface area contributed by atoms with Crippen molar-refractivity contribution in [2.24, 2.45) is 0 Å². The van der Waals surface area contributed by atoms with Crippen molar-refractivity contribution in [3.8, 4) is 6.07 Å². The average molecular weight is 411 g/mol. The lowest BCUT2D eigenvalue weighted by atomic mass is 10.0. The molecule has 3 N–H and O–H groups in total. The summed E-state index contributed by atoms with van der Waals surface area (Å²) in [5.41, 5.74) is 1.61. The lowest BCUT2D eigenvalue weighted by molar-refractivity contribution is 0.123. The maximum atomic E-state index is 14.7. The first-order chi connectivity index (χ1) is 14.6. The van der Waals surface area contributed by atoms with Crippen molar-refractivity contribution in [3.05, 3.63) is 59.8 Å². The zero-order valence-electron chi connectivity index (χ0n) is 16.2. The van der Waals surface area contributed by atoms with Gasteiger partial charge in [-0.3, -0.25) is 9.58 Å². The van der Waals surface area contributed by atoms with Crippen LogP contribution in [0.2, 0.25) is 0 Å². The number of nitrogens with one attached hydrogen (secondary N) is 3. The molecule has 0 aromatic carbocycles. The van der Waals surface area contributed by atoms with Gasteiger partial charge in [0.1, 0.15) is 18.1 Å². The Kier molecular flexibility index (Phi) is 5.70. The molecule has 1 fully saturated rings. The van der Waals surface area contributed by atoms with E-state index in [1.165, 1.54) is 4.90 Å². The van der Waals surface area contributed by atoms with E-state index in [4.69, 9.17) is 10.00 Å². The number of allylic oxidation sites excluding steroid dienone is 4. The van der Waals surface area contributed by atoms with Gasteiger partial charge in [-0.05, 0) is 24.3 Å². The predicted octanol–water partition coefficient (Wildman–Crippen LogP) is 2.11. The summed E-state index contributed by atoms with van der Waals surface area (Å²) in [5.74, 6) is 0.596. The number of anilines is 1. The van der Waals surface area contributed by atoms with Crippen LogP contribution in [0.25, 0.3) is 0 Å². The number of carbonyl (C=O) groups excluding carboxylic acids is 1. The van der Waals surface area contributed by atoms with Gasteiger partial charge in [0.05, 0.1) is 24.7 Å². The van der Waals surface area contributed by atoms with Gasteiger partial charge in [-0.2, -0.15) is 5.26 Å². The SMILES string of the molecule is N#Cc1ccnc(NCCNC2=CC=C(N3C[C@H](Cn4cc[nH]4)OC3=O)CC2F)c1. The Bertz CT molecular complexity index is 994. The quantitative estimate of drug-likeness (QED) is 0.574. The zero-order chi connectivity index (χ0) is 20.9. The van der Waals surface area contributed by atoms with Crippen LogP contribution in [0.1, 0.15) is 12.0 Å². The standard InChI is InChI=1S/C20H22FN7O2/c21-17-10-15(28-13-16(30-20(28)29)12-27-8-7-26-27)1-2-18(17)23-5-6-25-19-9-14(11-22)3-4-24-19/h1-4,7-9,16-17,23,26H,5-6,10,12-13H2,(H,24,25)/t16-,17?/m0/s1. The number of alkyl halides is 1. The van der Waals surface area contributed by atoms with E-state index >= 15 is 0 Å². The van der Waals surface area contributed by atoms with Crippen LogP contribution in [0.15, 0.2) is 54.3 Å². The lowest BCUT2D eigenvalue weighted by Crippen LogP contribution is -2.32. The van der Waals surface area contributed by atoms with Gasteiger partial charge in [-0.15, -0.1) is 0 Å². The molecule has 2 aromatic rings. The number of aromatic amines is 1. The normalized spacial score (nSPS) is 20.9. The molecular formula is C20H22FN7O2. The van der Waals surface area contributed by atoms with Gasteiger partial charge < -0.3 is 20.5 Å². The number of nitrogens with zero attached hydrogens (tertiary/aromatic N) is 4. The fourth-order valence-corrected chi connectivity index (χ4v) is 3.38. The molecule has 9 nitrogen and oxygen atoms in total. The van der Waals surface area contributed by atoms with E-state index in [2.05, 4.69) is 26.8 Å². The first-order valence-corrected chi connectivity index (χ1v) is 9.69. The molecule has 10 heteroatoms. The molecule has 1 aliphatic carbocycles. The Morgan fingerprint density at radius 2 is 2.20 bits per heavy atom. The summed E-state index contributed by atoms with van der Waals surface area (Å²) in [6.45, 7) is 1.95. The molecule has 2 aliphatic rings. The van der Waals surface area contributed by atoms with Crippen LogP contribution >= 0.6 is 0 Å². The number of hydrogen-bond donors (Lipinski definition) is 3. The fraction of sp³-hybridized carbons (Fsp3) is 0.350. The number of aromatic nitrogens is 3. The molecule has 1 aliphatic heterocycles. The van der Waals surface area contributed by atoms with Crippen LogP contribution in [0.4, 0.5) is 15.0 Å². The topological polar surface area (TPSA) is 111 Å². The van der Waals surface area contributed by atoms with E-state index in [1.807, 2.05) is 10.9 Å². The third-order valence-electron chi connectivity index (χ3n) is 4.95. The number of halogens is 1. The number of nitriles is 1. The van der Waals surface area contributed by atoms with Gasteiger partial charge in [-0.25, -0.2) is 14.2 Å². The van der Waals surface area contributed by atoms with Crippen molar-refractivity contribution < 1.29 is 13.9 Å². The fourth-order valence-electron chi connectivity index (χ4n) is 3.38. The third-order valence-corrected chi connectivity index (χ3v) is 4.95. The number of pyridine rings is 1. The first kappa shape index (κ1) is 19.6. The molecule has 3 heterocycles. The van der Waals surface area contributed by atoms with Crippen LogP contribution in [0, 0.1) is 11.3 Å². The highest BCUT2D eigenvalue weighted by Gasteiger charge is 2.35. The second-order valence-corrected chi connectivity index (χ2v) is 7.06. The van der Waals surface area contributed by atoms with Crippen LogP contribution in [-0.4, -0.2) is 57.7 Å². The minimum Gasteiger partial charge on any atom is -0.442 e. The van der Waals surface area contributed by atoms with Gasteiger partial charge >= 0.3 is 6.09 Å². The lowest BCUT2D eigenvalue weighted by Gasteiger charge is -2.24. The van der Waals surface area contributed by atoms with Crippen molar-refractivity contribution >= 4 is 11.9 Å². The van der Waals surface area contributed by atoms with Crippen LogP contribution in [0.3, 0.4) is 0 Å². The van der Waals surface area contributed by atoms with Crippen molar-refractivity contribution in [2.45, 2.75) is 25.2 Å². The highest BCUT2D eigenvalue weighted by molar-refractivity contribution is 5.72. The zero-order valence-corrected chi connectivity index (χ0v) is 16.2. The molecular weight excluding hydrogens is 389 g/mol. The van der Waals surface area contributed by atoms with Crippen molar-refractivity contribution in [2.75, 3.05) is 25.0 Å². The summed E-state index contributed by atoms with van der Waals surface area (Å²) in [4.78, 5) is 17.8. The number of hydrogen-bond acceptors (Lipinski definition) is 6. The predicted molar refractivity (Wildman–Crippen MR) is 107 cm³/mol. The number of cyclic esters (lactones) is 1. The summed E-state index contributed by atoms with van der Waals surface area (Å²) in [7, 11) is 0. The number of amides is 1. The number of carbonyl (C=O) groups is 1. The van der Waals surface area contributed by atoms with Crippen LogP contribution in [-0.2, 0) is 11.3 Å².